The van der Waals surface area contributed by atoms with Crippen molar-refractivity contribution in [2.75, 3.05) is 0 Å². The molecule has 0 radical (unpaired) electrons. The lowest BCUT2D eigenvalue weighted by Crippen LogP contribution is -2.24. The molecule has 14 heavy (non-hydrogen) atoms. The fourth-order valence-electron chi connectivity index (χ4n) is 1.13. The van der Waals surface area contributed by atoms with Crippen molar-refractivity contribution in [1.82, 2.24) is 10.3 Å². The largest absolute Gasteiger partial charge is 0.307 e. The summed E-state index contributed by atoms with van der Waals surface area (Å²) in [5.74, 6) is 2.64. The Balaban J connectivity index is 2.42. The van der Waals surface area contributed by atoms with Crippen LogP contribution in [0.15, 0.2) is 0 Å². The number of rotatable bonds is 4. The first-order valence-corrected chi connectivity index (χ1v) is 5.55. The van der Waals surface area contributed by atoms with Crippen LogP contribution in [0.4, 0.5) is 0 Å². The summed E-state index contributed by atoms with van der Waals surface area (Å²) in [5, 5.41) is 4.49. The first-order valence-electron chi connectivity index (χ1n) is 4.73. The fraction of sp³-hybridized carbons (Fsp3) is 0.545. The Morgan fingerprint density at radius 2 is 2.29 bits per heavy atom. The van der Waals surface area contributed by atoms with Crippen molar-refractivity contribution in [3.63, 3.8) is 0 Å². The Morgan fingerprint density at radius 1 is 1.57 bits per heavy atom. The van der Waals surface area contributed by atoms with Crippen LogP contribution in [-0.2, 0) is 6.54 Å². The zero-order chi connectivity index (χ0) is 10.6. The van der Waals surface area contributed by atoms with Gasteiger partial charge in [0.25, 0.3) is 0 Å². The maximum atomic E-state index is 5.22. The minimum Gasteiger partial charge on any atom is -0.307 e. The molecule has 76 valence electrons. The van der Waals surface area contributed by atoms with E-state index in [0.717, 1.165) is 23.7 Å². The molecule has 0 bridgehead atoms. The molecule has 0 spiro atoms. The van der Waals surface area contributed by atoms with E-state index in [2.05, 4.69) is 30.1 Å². The first-order chi connectivity index (χ1) is 6.63. The van der Waals surface area contributed by atoms with E-state index in [1.54, 1.807) is 11.3 Å². The van der Waals surface area contributed by atoms with Crippen LogP contribution in [0.25, 0.3) is 0 Å². The van der Waals surface area contributed by atoms with Gasteiger partial charge in [0.15, 0.2) is 0 Å². The lowest BCUT2D eigenvalue weighted by Gasteiger charge is -2.08. The molecule has 3 heteroatoms. The van der Waals surface area contributed by atoms with Crippen molar-refractivity contribution in [1.29, 1.82) is 0 Å². The summed E-state index contributed by atoms with van der Waals surface area (Å²) in [6.07, 6.45) is 5.99. The van der Waals surface area contributed by atoms with Crippen molar-refractivity contribution in [3.8, 4) is 12.3 Å². The lowest BCUT2D eigenvalue weighted by molar-refractivity contribution is 0.558. The highest BCUT2D eigenvalue weighted by Gasteiger charge is 2.04. The van der Waals surface area contributed by atoms with E-state index in [-0.39, 0.29) is 0 Å². The number of nitrogens with one attached hydrogen (secondary N) is 1. The van der Waals surface area contributed by atoms with Crippen molar-refractivity contribution < 1.29 is 0 Å². The Morgan fingerprint density at radius 3 is 2.79 bits per heavy atom. The minimum atomic E-state index is 0.365. The number of aromatic nitrogens is 1. The number of thiazole rings is 1. The zero-order valence-corrected chi connectivity index (χ0v) is 9.74. The van der Waals surface area contributed by atoms with Crippen LogP contribution >= 0.6 is 11.3 Å². The van der Waals surface area contributed by atoms with Gasteiger partial charge in [0.1, 0.15) is 5.01 Å². The average molecular weight is 208 g/mol. The van der Waals surface area contributed by atoms with Crippen LogP contribution < -0.4 is 5.32 Å². The van der Waals surface area contributed by atoms with Crippen molar-refractivity contribution in [2.24, 2.45) is 0 Å². The second-order valence-electron chi connectivity index (χ2n) is 3.44. The van der Waals surface area contributed by atoms with Gasteiger partial charge in [0.2, 0.25) is 0 Å². The Hall–Kier alpha value is -0.850. The molecule has 1 aromatic rings. The van der Waals surface area contributed by atoms with E-state index in [4.69, 9.17) is 6.42 Å². The molecule has 0 amide bonds. The molecular formula is C11H16N2S. The maximum Gasteiger partial charge on any atom is 0.107 e. The molecule has 0 aliphatic carbocycles. The quantitative estimate of drug-likeness (QED) is 0.768. The van der Waals surface area contributed by atoms with Crippen LogP contribution in [0.2, 0.25) is 0 Å². The highest BCUT2D eigenvalue weighted by atomic mass is 32.1. The summed E-state index contributed by atoms with van der Waals surface area (Å²) in [7, 11) is 0. The maximum absolute atomic E-state index is 5.22. The molecule has 1 aromatic heterocycles. The Kier molecular flexibility index (Phi) is 4.12. The summed E-state index contributed by atoms with van der Waals surface area (Å²) >= 11 is 1.75. The van der Waals surface area contributed by atoms with Gasteiger partial charge in [-0.15, -0.1) is 23.7 Å². The monoisotopic (exact) mass is 208 g/mol. The number of nitrogens with zero attached hydrogens (tertiary/aromatic N) is 1. The Bertz CT molecular complexity index is 316. The first kappa shape index (κ1) is 11.2. The second-order valence-corrected chi connectivity index (χ2v) is 4.73. The summed E-state index contributed by atoms with van der Waals surface area (Å²) in [4.78, 5) is 5.74. The van der Waals surface area contributed by atoms with Crippen LogP contribution in [0.5, 0.6) is 0 Å². The number of terminal acetylenes is 1. The average Bonchev–Trinajstić information content (AvgIpc) is 2.44. The molecule has 0 fully saturated rings. The predicted octanol–water partition coefficient (Wildman–Crippen LogP) is 2.26. The zero-order valence-electron chi connectivity index (χ0n) is 8.92. The fourth-order valence-corrected chi connectivity index (χ4v) is 2.01. The molecule has 1 rings (SSSR count). The van der Waals surface area contributed by atoms with Crippen LogP contribution in [-0.4, -0.2) is 11.0 Å². The molecule has 0 aliphatic heterocycles. The Labute approximate surface area is 89.8 Å². The summed E-state index contributed by atoms with van der Waals surface area (Å²) in [5.41, 5.74) is 1.14. The third-order valence-electron chi connectivity index (χ3n) is 2.10. The van der Waals surface area contributed by atoms with E-state index in [9.17, 15) is 0 Å². The highest BCUT2D eigenvalue weighted by molar-refractivity contribution is 7.11. The van der Waals surface area contributed by atoms with E-state index in [1.807, 2.05) is 6.92 Å². The van der Waals surface area contributed by atoms with Crippen LogP contribution in [0.1, 0.15) is 28.9 Å². The predicted molar refractivity (Wildman–Crippen MR) is 61.3 cm³/mol. The summed E-state index contributed by atoms with van der Waals surface area (Å²) in [6, 6.07) is 0.365. The van der Waals surface area contributed by atoms with Gasteiger partial charge in [0.05, 0.1) is 5.69 Å². The molecule has 0 aliphatic rings. The third kappa shape index (κ3) is 3.13. The number of aryl methyl sites for hydroxylation is 2. The molecule has 1 N–H and O–H groups in total. The molecule has 2 nitrogen and oxygen atoms in total. The molecule has 0 aromatic carbocycles. The number of hydrogen-bond acceptors (Lipinski definition) is 3. The van der Waals surface area contributed by atoms with Gasteiger partial charge in [-0.1, -0.05) is 0 Å². The van der Waals surface area contributed by atoms with E-state index in [1.165, 1.54) is 4.88 Å². The lowest BCUT2D eigenvalue weighted by atomic mass is 10.2. The van der Waals surface area contributed by atoms with E-state index in [0.29, 0.717) is 6.04 Å². The van der Waals surface area contributed by atoms with Crippen molar-refractivity contribution in [2.45, 2.75) is 39.8 Å². The van der Waals surface area contributed by atoms with Crippen LogP contribution in [0.3, 0.4) is 0 Å². The van der Waals surface area contributed by atoms with E-state index >= 15 is 0 Å². The van der Waals surface area contributed by atoms with Gasteiger partial charge in [-0.2, -0.15) is 0 Å². The summed E-state index contributed by atoms with van der Waals surface area (Å²) in [6.45, 7) is 7.05. The van der Waals surface area contributed by atoms with Gasteiger partial charge in [-0.3, -0.25) is 0 Å². The van der Waals surface area contributed by atoms with Gasteiger partial charge in [0, 0.05) is 23.9 Å². The van der Waals surface area contributed by atoms with Gasteiger partial charge >= 0.3 is 0 Å². The standard InChI is InChI=1S/C11H16N2S/c1-5-6-8(2)12-7-11-13-9(3)10(4)14-11/h1,8,12H,6-7H2,2-4H3. The smallest absolute Gasteiger partial charge is 0.107 e. The molecular weight excluding hydrogens is 192 g/mol. The van der Waals surface area contributed by atoms with E-state index < -0.39 is 0 Å². The highest BCUT2D eigenvalue weighted by Crippen LogP contribution is 2.16. The SMILES string of the molecule is C#CCC(C)NCc1nc(C)c(C)s1. The van der Waals surface area contributed by atoms with Gasteiger partial charge < -0.3 is 5.32 Å². The van der Waals surface area contributed by atoms with Crippen molar-refractivity contribution in [3.05, 3.63) is 15.6 Å². The second kappa shape index (κ2) is 5.14. The molecule has 1 unspecified atom stereocenters. The molecule has 0 saturated heterocycles. The number of hydrogen-bond donors (Lipinski definition) is 1. The topological polar surface area (TPSA) is 24.9 Å². The third-order valence-corrected chi connectivity index (χ3v) is 3.17. The minimum absolute atomic E-state index is 0.365. The van der Waals surface area contributed by atoms with Crippen LogP contribution in [0, 0.1) is 26.2 Å². The molecule has 1 atom stereocenters. The normalized spacial score (nSPS) is 12.4. The molecule has 1 heterocycles. The summed E-state index contributed by atoms with van der Waals surface area (Å²) < 4.78 is 0. The molecule has 0 saturated carbocycles. The van der Waals surface area contributed by atoms with Gasteiger partial charge in [-0.05, 0) is 20.8 Å². The van der Waals surface area contributed by atoms with Gasteiger partial charge in [-0.25, -0.2) is 4.98 Å². The van der Waals surface area contributed by atoms with Crippen molar-refractivity contribution >= 4 is 11.3 Å².